The Hall–Kier alpha value is -3.49. The molecule has 0 heterocycles. The molecule has 0 radical (unpaired) electrons. The lowest BCUT2D eigenvalue weighted by molar-refractivity contribution is -0.345. The minimum Gasteiger partial charge on any atom is -0.462 e. The van der Waals surface area contributed by atoms with Gasteiger partial charge >= 0.3 is 35.9 Å². The topological polar surface area (TPSA) is 78.9 Å². The van der Waals surface area contributed by atoms with Gasteiger partial charge in [0.15, 0.2) is 0 Å². The number of rotatable bonds is 6. The lowest BCUT2D eigenvalue weighted by Crippen LogP contribution is -2.58. The van der Waals surface area contributed by atoms with E-state index in [0.29, 0.717) is 31.8 Å². The van der Waals surface area contributed by atoms with Crippen molar-refractivity contribution in [3.05, 3.63) is 47.1 Å². The summed E-state index contributed by atoms with van der Waals surface area (Å²) in [7, 11) is 0. The maximum Gasteiger partial charge on any atom is 0.450 e. The molecule has 0 aromatic rings. The van der Waals surface area contributed by atoms with Gasteiger partial charge in [0.25, 0.3) is 0 Å². The molecular formula is C33H38F6O6. The van der Waals surface area contributed by atoms with Gasteiger partial charge < -0.3 is 14.2 Å². The van der Waals surface area contributed by atoms with E-state index >= 15 is 0 Å². The maximum atomic E-state index is 13.6. The highest BCUT2D eigenvalue weighted by Gasteiger charge is 2.74. The number of halogens is 6. The van der Waals surface area contributed by atoms with Crippen LogP contribution in [0.4, 0.5) is 26.3 Å². The average Bonchev–Trinajstić information content (AvgIpc) is 3.24. The third-order valence-electron chi connectivity index (χ3n) is 8.78. The Labute approximate surface area is 258 Å². The van der Waals surface area contributed by atoms with Crippen LogP contribution in [0.25, 0.3) is 0 Å². The van der Waals surface area contributed by atoms with Crippen molar-refractivity contribution in [1.82, 2.24) is 0 Å². The van der Waals surface area contributed by atoms with Crippen LogP contribution in [0.2, 0.25) is 0 Å². The SMILES string of the molecule is C=C1/C(=C\C=C2/CCC[C@]3(C)C([C@H](C)CC#CC(OC(C)=O)(C(F)(F)F)C(F)(F)F)=CC[C@@H]23)C[C@@H](OC(C)=O)C[C@@H]1OC(C)=O. The Morgan fingerprint density at radius 3 is 2.22 bits per heavy atom. The fraction of sp³-hybridized carbons (Fsp3) is 0.606. The Morgan fingerprint density at radius 1 is 1.04 bits per heavy atom. The van der Waals surface area contributed by atoms with Crippen LogP contribution in [0.15, 0.2) is 47.1 Å². The molecule has 5 atom stereocenters. The van der Waals surface area contributed by atoms with Crippen molar-refractivity contribution in [3.63, 3.8) is 0 Å². The number of hydrogen-bond acceptors (Lipinski definition) is 6. The van der Waals surface area contributed by atoms with E-state index in [0.717, 1.165) is 36.0 Å². The molecule has 2 saturated carbocycles. The van der Waals surface area contributed by atoms with Gasteiger partial charge in [0.1, 0.15) is 12.2 Å². The van der Waals surface area contributed by atoms with Gasteiger partial charge in [0, 0.05) is 40.0 Å². The molecule has 0 amide bonds. The molecule has 3 rings (SSSR count). The smallest absolute Gasteiger partial charge is 0.450 e. The standard InChI is InChI=1S/C33H38F6O6/c1-19(9-7-16-31(32(34,35)36,33(37,38)39)45-23(5)42)27-13-14-28-24(10-8-15-30(27,28)6)11-12-25-17-26(43-21(3)40)18-29(20(25)2)44-22(4)41/h11-13,19,26,28-29H,2,8-10,14-15,17-18H2,1,3-6H3/b24-11+,25-12-/t19-,26-,28+,29+,30-/m1/s1. The zero-order chi connectivity index (χ0) is 34.0. The molecule has 248 valence electrons. The van der Waals surface area contributed by atoms with Gasteiger partial charge in [-0.2, -0.15) is 26.3 Å². The van der Waals surface area contributed by atoms with Crippen molar-refractivity contribution < 1.29 is 54.9 Å². The molecule has 0 N–H and O–H groups in total. The van der Waals surface area contributed by atoms with E-state index in [1.165, 1.54) is 19.8 Å². The predicted molar refractivity (Wildman–Crippen MR) is 152 cm³/mol. The first-order valence-electron chi connectivity index (χ1n) is 14.7. The third kappa shape index (κ3) is 7.85. The van der Waals surface area contributed by atoms with E-state index in [4.69, 9.17) is 9.47 Å². The maximum absolute atomic E-state index is 13.6. The lowest BCUT2D eigenvalue weighted by Gasteiger charge is -2.42. The number of alkyl halides is 6. The second-order valence-electron chi connectivity index (χ2n) is 12.1. The second kappa shape index (κ2) is 13.5. The highest BCUT2D eigenvalue weighted by Crippen LogP contribution is 2.57. The summed E-state index contributed by atoms with van der Waals surface area (Å²) in [5.41, 5.74) is -1.89. The molecule has 12 heteroatoms. The van der Waals surface area contributed by atoms with Crippen LogP contribution in [0.1, 0.15) is 79.6 Å². The molecule has 0 saturated heterocycles. The molecule has 6 nitrogen and oxygen atoms in total. The normalized spacial score (nSPS) is 28.0. The fourth-order valence-electron chi connectivity index (χ4n) is 6.79. The third-order valence-corrected chi connectivity index (χ3v) is 8.78. The first-order valence-corrected chi connectivity index (χ1v) is 14.7. The molecule has 3 aliphatic carbocycles. The predicted octanol–water partition coefficient (Wildman–Crippen LogP) is 7.65. The van der Waals surface area contributed by atoms with Crippen LogP contribution >= 0.6 is 0 Å². The minimum atomic E-state index is -5.99. The van der Waals surface area contributed by atoms with Crippen molar-refractivity contribution in [2.45, 2.75) is 110 Å². The zero-order valence-electron chi connectivity index (χ0n) is 25.9. The van der Waals surface area contributed by atoms with Crippen molar-refractivity contribution in [3.8, 4) is 11.8 Å². The van der Waals surface area contributed by atoms with E-state index in [1.807, 2.05) is 31.1 Å². The van der Waals surface area contributed by atoms with Crippen molar-refractivity contribution in [1.29, 1.82) is 0 Å². The first-order chi connectivity index (χ1) is 20.7. The fourth-order valence-corrected chi connectivity index (χ4v) is 6.79. The van der Waals surface area contributed by atoms with E-state index in [9.17, 15) is 40.7 Å². The summed E-state index contributed by atoms with van der Waals surface area (Å²) in [6, 6.07) is 0. The Balaban J connectivity index is 1.85. The number of fused-ring (bicyclic) bond motifs is 1. The van der Waals surface area contributed by atoms with E-state index in [-0.39, 0.29) is 12.3 Å². The number of allylic oxidation sites excluding steroid dienone is 5. The van der Waals surface area contributed by atoms with Crippen LogP contribution in [-0.2, 0) is 28.6 Å². The Morgan fingerprint density at radius 2 is 1.67 bits per heavy atom. The molecule has 0 aliphatic heterocycles. The molecule has 0 aromatic carbocycles. The number of carbonyl (C=O) groups excluding carboxylic acids is 3. The zero-order valence-corrected chi connectivity index (χ0v) is 25.9. The van der Waals surface area contributed by atoms with Gasteiger partial charge in [-0.05, 0) is 60.0 Å². The number of carbonyl (C=O) groups is 3. The summed E-state index contributed by atoms with van der Waals surface area (Å²) in [6.45, 7) is 10.9. The first kappa shape index (κ1) is 36.0. The highest BCUT2D eigenvalue weighted by atomic mass is 19.4. The number of esters is 3. The van der Waals surface area contributed by atoms with Gasteiger partial charge in [-0.3, -0.25) is 14.4 Å². The van der Waals surface area contributed by atoms with Gasteiger partial charge in [0.2, 0.25) is 0 Å². The molecule has 0 spiro atoms. The van der Waals surface area contributed by atoms with Gasteiger partial charge in [0.05, 0.1) is 0 Å². The van der Waals surface area contributed by atoms with Crippen LogP contribution < -0.4 is 0 Å². The summed E-state index contributed by atoms with van der Waals surface area (Å²) in [5, 5.41) is 0. The molecule has 0 bridgehead atoms. The summed E-state index contributed by atoms with van der Waals surface area (Å²) < 4.78 is 96.2. The van der Waals surface area contributed by atoms with Gasteiger partial charge in [-0.1, -0.05) is 55.7 Å². The molecule has 2 fully saturated rings. The molecule has 45 heavy (non-hydrogen) atoms. The quantitative estimate of drug-likeness (QED) is 0.0973. The van der Waals surface area contributed by atoms with E-state index in [1.54, 1.807) is 6.92 Å². The second-order valence-corrected chi connectivity index (χ2v) is 12.1. The summed E-state index contributed by atoms with van der Waals surface area (Å²) in [6.07, 6.45) is -3.85. The van der Waals surface area contributed by atoms with E-state index in [2.05, 4.69) is 11.3 Å². The molecule has 0 unspecified atom stereocenters. The largest absolute Gasteiger partial charge is 0.462 e. The molecular weight excluding hydrogens is 606 g/mol. The number of ether oxygens (including phenoxy) is 3. The Bertz CT molecular complexity index is 1340. The minimum absolute atomic E-state index is 0.0457. The molecule has 0 aromatic heterocycles. The summed E-state index contributed by atoms with van der Waals surface area (Å²) >= 11 is 0. The van der Waals surface area contributed by atoms with Crippen molar-refractivity contribution in [2.75, 3.05) is 0 Å². The van der Waals surface area contributed by atoms with Gasteiger partial charge in [-0.25, -0.2) is 0 Å². The highest BCUT2D eigenvalue weighted by molar-refractivity contribution is 5.68. The lowest BCUT2D eigenvalue weighted by atomic mass is 9.62. The van der Waals surface area contributed by atoms with Crippen LogP contribution in [-0.4, -0.2) is 48.1 Å². The van der Waals surface area contributed by atoms with Crippen molar-refractivity contribution in [2.24, 2.45) is 17.3 Å². The van der Waals surface area contributed by atoms with Crippen molar-refractivity contribution >= 4 is 17.9 Å². The molecule has 3 aliphatic rings. The summed E-state index contributed by atoms with van der Waals surface area (Å²) in [4.78, 5) is 34.5. The van der Waals surface area contributed by atoms with Gasteiger partial charge in [-0.15, -0.1) is 0 Å². The van der Waals surface area contributed by atoms with E-state index < -0.39 is 59.4 Å². The van der Waals surface area contributed by atoms with Crippen LogP contribution in [0.5, 0.6) is 0 Å². The van der Waals surface area contributed by atoms with Crippen LogP contribution in [0.3, 0.4) is 0 Å². The van der Waals surface area contributed by atoms with Crippen LogP contribution in [0, 0.1) is 29.1 Å². The average molecular weight is 645 g/mol. The number of hydrogen-bond donors (Lipinski definition) is 0. The summed E-state index contributed by atoms with van der Waals surface area (Å²) in [5.74, 6) is 0.157. The Kier molecular flexibility index (Phi) is 10.8. The monoisotopic (exact) mass is 644 g/mol.